The number of carbonyl (C=O) groups is 2. The molecule has 1 saturated carbocycles. The third kappa shape index (κ3) is 9.29. The van der Waals surface area contributed by atoms with Gasteiger partial charge in [0.1, 0.15) is 0 Å². The topological polar surface area (TPSA) is 58.2 Å². The predicted octanol–water partition coefficient (Wildman–Crippen LogP) is 4.18. The van der Waals surface area contributed by atoms with E-state index in [0.717, 1.165) is 44.9 Å². The number of carbonyl (C=O) groups excluding carboxylic acids is 2. The Labute approximate surface area is 148 Å². The smallest absolute Gasteiger partial charge is 0.239 e. The van der Waals surface area contributed by atoms with E-state index in [0.29, 0.717) is 5.92 Å². The molecule has 0 spiro atoms. The summed E-state index contributed by atoms with van der Waals surface area (Å²) in [6.07, 6.45) is 12.3. The minimum Gasteiger partial charge on any atom is -0.352 e. The summed E-state index contributed by atoms with van der Waals surface area (Å²) in [4.78, 5) is 24.5. The second-order valence-electron chi connectivity index (χ2n) is 7.80. The molecule has 1 aliphatic rings. The molecule has 0 aromatic heterocycles. The molecule has 1 rings (SSSR count). The Morgan fingerprint density at radius 3 is 2.12 bits per heavy atom. The molecule has 24 heavy (non-hydrogen) atoms. The zero-order chi connectivity index (χ0) is 17.8. The number of nitrogens with one attached hydrogen (secondary N) is 2. The van der Waals surface area contributed by atoms with E-state index in [2.05, 4.69) is 31.4 Å². The van der Waals surface area contributed by atoms with Gasteiger partial charge in [-0.15, -0.1) is 0 Å². The SMILES string of the molecule is CCC[C@H](CC(C)C)NC(=O)CNC(=O)C1CCCCCCCC1. The maximum absolute atomic E-state index is 12.4. The van der Waals surface area contributed by atoms with Crippen molar-refractivity contribution in [2.24, 2.45) is 11.8 Å². The highest BCUT2D eigenvalue weighted by Crippen LogP contribution is 2.21. The molecule has 0 unspecified atom stereocenters. The first-order valence-corrected chi connectivity index (χ1v) is 10.1. The lowest BCUT2D eigenvalue weighted by molar-refractivity contribution is -0.129. The molecule has 140 valence electrons. The zero-order valence-corrected chi connectivity index (χ0v) is 16.0. The van der Waals surface area contributed by atoms with Crippen molar-refractivity contribution in [1.29, 1.82) is 0 Å². The predicted molar refractivity (Wildman–Crippen MR) is 99.7 cm³/mol. The van der Waals surface area contributed by atoms with Gasteiger partial charge in [0.15, 0.2) is 0 Å². The van der Waals surface area contributed by atoms with Crippen LogP contribution in [0.2, 0.25) is 0 Å². The highest BCUT2D eigenvalue weighted by molar-refractivity contribution is 5.85. The summed E-state index contributed by atoms with van der Waals surface area (Å²) in [5, 5.41) is 5.96. The molecule has 1 fully saturated rings. The minimum absolute atomic E-state index is 0.0504. The Morgan fingerprint density at radius 1 is 1.00 bits per heavy atom. The first kappa shape index (κ1) is 21.0. The fourth-order valence-corrected chi connectivity index (χ4v) is 3.65. The first-order valence-electron chi connectivity index (χ1n) is 10.1. The Balaban J connectivity index is 2.36. The van der Waals surface area contributed by atoms with Crippen molar-refractivity contribution >= 4 is 11.8 Å². The van der Waals surface area contributed by atoms with Crippen LogP contribution in [0.1, 0.15) is 91.4 Å². The minimum atomic E-state index is -0.0504. The summed E-state index contributed by atoms with van der Waals surface area (Å²) in [6, 6.07) is 0.226. The molecule has 0 aromatic rings. The lowest BCUT2D eigenvalue weighted by Crippen LogP contribution is -2.43. The van der Waals surface area contributed by atoms with Gasteiger partial charge >= 0.3 is 0 Å². The molecular formula is C20H38N2O2. The monoisotopic (exact) mass is 338 g/mol. The van der Waals surface area contributed by atoms with Crippen LogP contribution in [0.5, 0.6) is 0 Å². The lowest BCUT2D eigenvalue weighted by Gasteiger charge is -2.21. The van der Waals surface area contributed by atoms with Gasteiger partial charge in [0, 0.05) is 12.0 Å². The number of hydrogen-bond acceptors (Lipinski definition) is 2. The largest absolute Gasteiger partial charge is 0.352 e. The van der Waals surface area contributed by atoms with Crippen LogP contribution in [0.3, 0.4) is 0 Å². The highest BCUT2D eigenvalue weighted by atomic mass is 16.2. The van der Waals surface area contributed by atoms with E-state index in [4.69, 9.17) is 0 Å². The van der Waals surface area contributed by atoms with Gasteiger partial charge in [-0.05, 0) is 31.6 Å². The van der Waals surface area contributed by atoms with E-state index < -0.39 is 0 Å². The van der Waals surface area contributed by atoms with Crippen molar-refractivity contribution in [3.8, 4) is 0 Å². The molecule has 0 bridgehead atoms. The Hall–Kier alpha value is -1.06. The van der Waals surface area contributed by atoms with Crippen LogP contribution in [-0.2, 0) is 9.59 Å². The maximum Gasteiger partial charge on any atom is 0.239 e. The van der Waals surface area contributed by atoms with Gasteiger partial charge in [-0.3, -0.25) is 9.59 Å². The number of amides is 2. The molecule has 0 aliphatic heterocycles. The average molecular weight is 339 g/mol. The van der Waals surface area contributed by atoms with Crippen molar-refractivity contribution in [2.45, 2.75) is 97.4 Å². The summed E-state index contributed by atoms with van der Waals surface area (Å²) in [7, 11) is 0. The number of hydrogen-bond donors (Lipinski definition) is 2. The molecule has 0 aromatic carbocycles. The van der Waals surface area contributed by atoms with Crippen LogP contribution in [0, 0.1) is 11.8 Å². The standard InChI is InChI=1S/C20H38N2O2/c1-4-11-18(14-16(2)3)22-19(23)15-21-20(24)17-12-9-7-5-6-8-10-13-17/h16-18H,4-15H2,1-3H3,(H,21,24)(H,22,23)/t18-/m1/s1. The van der Waals surface area contributed by atoms with E-state index in [1.165, 1.54) is 25.7 Å². The van der Waals surface area contributed by atoms with E-state index in [9.17, 15) is 9.59 Å². The molecule has 0 radical (unpaired) electrons. The second kappa shape index (κ2) is 12.3. The third-order valence-corrected chi connectivity index (χ3v) is 4.91. The summed E-state index contributed by atoms with van der Waals surface area (Å²) in [5.74, 6) is 0.682. The molecule has 2 N–H and O–H groups in total. The maximum atomic E-state index is 12.4. The van der Waals surface area contributed by atoms with Crippen molar-refractivity contribution in [2.75, 3.05) is 6.54 Å². The van der Waals surface area contributed by atoms with Gasteiger partial charge < -0.3 is 10.6 Å². The van der Waals surface area contributed by atoms with Crippen LogP contribution in [0.4, 0.5) is 0 Å². The summed E-state index contributed by atoms with van der Waals surface area (Å²) in [5.41, 5.74) is 0. The van der Waals surface area contributed by atoms with E-state index in [-0.39, 0.29) is 30.3 Å². The molecule has 4 heteroatoms. The quantitative estimate of drug-likeness (QED) is 0.697. The zero-order valence-electron chi connectivity index (χ0n) is 16.0. The van der Waals surface area contributed by atoms with Crippen molar-refractivity contribution in [1.82, 2.24) is 10.6 Å². The van der Waals surface area contributed by atoms with Crippen LogP contribution in [-0.4, -0.2) is 24.4 Å². The van der Waals surface area contributed by atoms with Crippen LogP contribution in [0.15, 0.2) is 0 Å². The molecule has 4 nitrogen and oxygen atoms in total. The summed E-state index contributed by atoms with van der Waals surface area (Å²) >= 11 is 0. The van der Waals surface area contributed by atoms with Crippen LogP contribution < -0.4 is 10.6 Å². The van der Waals surface area contributed by atoms with Crippen molar-refractivity contribution in [3.05, 3.63) is 0 Å². The van der Waals surface area contributed by atoms with E-state index in [1.807, 2.05) is 0 Å². The molecule has 1 atom stereocenters. The van der Waals surface area contributed by atoms with Gasteiger partial charge in [-0.1, -0.05) is 65.7 Å². The second-order valence-corrected chi connectivity index (χ2v) is 7.80. The van der Waals surface area contributed by atoms with Crippen LogP contribution >= 0.6 is 0 Å². The van der Waals surface area contributed by atoms with Gasteiger partial charge in [-0.25, -0.2) is 0 Å². The molecule has 0 saturated heterocycles. The molecule has 1 aliphatic carbocycles. The highest BCUT2D eigenvalue weighted by Gasteiger charge is 2.20. The fraction of sp³-hybridized carbons (Fsp3) is 0.900. The summed E-state index contributed by atoms with van der Waals surface area (Å²) < 4.78 is 0. The van der Waals surface area contributed by atoms with Crippen molar-refractivity contribution in [3.63, 3.8) is 0 Å². The third-order valence-electron chi connectivity index (χ3n) is 4.91. The van der Waals surface area contributed by atoms with E-state index in [1.54, 1.807) is 0 Å². The van der Waals surface area contributed by atoms with Gasteiger partial charge in [0.25, 0.3) is 0 Å². The average Bonchev–Trinajstić information content (AvgIpc) is 2.66. The Bertz CT molecular complexity index is 359. The molecule has 0 heterocycles. The lowest BCUT2D eigenvalue weighted by atomic mass is 9.96. The Kier molecular flexibility index (Phi) is 10.8. The molecular weight excluding hydrogens is 300 g/mol. The number of rotatable bonds is 8. The van der Waals surface area contributed by atoms with Gasteiger partial charge in [0.2, 0.25) is 11.8 Å². The fourth-order valence-electron chi connectivity index (χ4n) is 3.65. The first-order chi connectivity index (χ1) is 11.5. The molecule has 2 amide bonds. The summed E-state index contributed by atoms with van der Waals surface area (Å²) in [6.45, 7) is 6.60. The van der Waals surface area contributed by atoms with Crippen LogP contribution in [0.25, 0.3) is 0 Å². The Morgan fingerprint density at radius 2 is 1.58 bits per heavy atom. The van der Waals surface area contributed by atoms with Gasteiger partial charge in [0.05, 0.1) is 6.54 Å². The van der Waals surface area contributed by atoms with Gasteiger partial charge in [-0.2, -0.15) is 0 Å². The normalized spacial score (nSPS) is 18.3. The van der Waals surface area contributed by atoms with E-state index >= 15 is 0 Å². The van der Waals surface area contributed by atoms with Crippen molar-refractivity contribution < 1.29 is 9.59 Å².